The highest BCUT2D eigenvalue weighted by atomic mass is 16.6. The summed E-state index contributed by atoms with van der Waals surface area (Å²) in [7, 11) is 0. The van der Waals surface area contributed by atoms with Crippen molar-refractivity contribution in [3.63, 3.8) is 0 Å². The molecule has 1 aromatic carbocycles. The van der Waals surface area contributed by atoms with Crippen LogP contribution in [0.4, 0.5) is 10.5 Å². The van der Waals surface area contributed by atoms with E-state index in [0.717, 1.165) is 5.56 Å². The molecule has 2 amide bonds. The normalized spacial score (nSPS) is 9.79. The molecule has 0 spiro atoms. The summed E-state index contributed by atoms with van der Waals surface area (Å²) in [6.45, 7) is 0.400. The number of nitrogens with two attached hydrogens (primary N) is 2. The third-order valence-corrected chi connectivity index (χ3v) is 1.76. The van der Waals surface area contributed by atoms with Gasteiger partial charge in [0, 0.05) is 5.69 Å². The van der Waals surface area contributed by atoms with Crippen LogP contribution in [0.2, 0.25) is 0 Å². The lowest BCUT2D eigenvalue weighted by molar-refractivity contribution is 0.141. The van der Waals surface area contributed by atoms with Crippen molar-refractivity contribution < 1.29 is 9.63 Å². The number of anilines is 1. The second-order valence-corrected chi connectivity index (χ2v) is 2.77. The van der Waals surface area contributed by atoms with Crippen molar-refractivity contribution in [1.29, 1.82) is 0 Å². The van der Waals surface area contributed by atoms with Crippen LogP contribution in [-0.4, -0.2) is 12.6 Å². The number of amides is 2. The highest BCUT2D eigenvalue weighted by Gasteiger charge is 2.02. The van der Waals surface area contributed by atoms with Crippen molar-refractivity contribution in [2.24, 2.45) is 11.6 Å². The standard InChI is InChI=1S/C9H13N3O2/c10-9(13)12-8-4-2-1-3-7(8)5-6-14-11/h1-4H,5-6,11H2,(H3,10,12,13). The number of carbonyl (C=O) groups is 1. The van der Waals surface area contributed by atoms with Gasteiger partial charge in [-0.05, 0) is 18.1 Å². The number of para-hydroxylation sites is 1. The zero-order valence-electron chi connectivity index (χ0n) is 7.69. The molecule has 5 N–H and O–H groups in total. The number of nitrogens with one attached hydrogen (secondary N) is 1. The van der Waals surface area contributed by atoms with Gasteiger partial charge in [0.15, 0.2) is 0 Å². The zero-order valence-corrected chi connectivity index (χ0v) is 7.69. The number of hydrogen-bond acceptors (Lipinski definition) is 3. The Bertz CT molecular complexity index is 315. The molecule has 14 heavy (non-hydrogen) atoms. The van der Waals surface area contributed by atoms with Crippen molar-refractivity contribution in [3.8, 4) is 0 Å². The van der Waals surface area contributed by atoms with E-state index in [1.807, 2.05) is 18.2 Å². The molecule has 0 radical (unpaired) electrons. The van der Waals surface area contributed by atoms with Crippen LogP contribution in [0.5, 0.6) is 0 Å². The number of carbonyl (C=O) groups excluding carboxylic acids is 1. The van der Waals surface area contributed by atoms with E-state index >= 15 is 0 Å². The third-order valence-electron chi connectivity index (χ3n) is 1.76. The van der Waals surface area contributed by atoms with E-state index in [9.17, 15) is 4.79 Å². The van der Waals surface area contributed by atoms with Gasteiger partial charge in [-0.25, -0.2) is 10.7 Å². The maximum absolute atomic E-state index is 10.6. The van der Waals surface area contributed by atoms with Crippen LogP contribution in [0.25, 0.3) is 0 Å². The van der Waals surface area contributed by atoms with Gasteiger partial charge in [0.1, 0.15) is 0 Å². The molecule has 0 atom stereocenters. The lowest BCUT2D eigenvalue weighted by Gasteiger charge is -2.08. The second kappa shape index (κ2) is 5.21. The first-order valence-corrected chi connectivity index (χ1v) is 4.20. The largest absolute Gasteiger partial charge is 0.351 e. The molecule has 0 heterocycles. The minimum atomic E-state index is -0.578. The molecule has 76 valence electrons. The molecule has 0 bridgehead atoms. The fraction of sp³-hybridized carbons (Fsp3) is 0.222. The summed E-state index contributed by atoms with van der Waals surface area (Å²) < 4.78 is 0. The van der Waals surface area contributed by atoms with Gasteiger partial charge in [-0.15, -0.1) is 0 Å². The average Bonchev–Trinajstić information content (AvgIpc) is 2.16. The minimum Gasteiger partial charge on any atom is -0.351 e. The molecule has 0 saturated heterocycles. The SMILES string of the molecule is NOCCc1ccccc1NC(N)=O. The molecule has 0 fully saturated rings. The zero-order chi connectivity index (χ0) is 10.4. The van der Waals surface area contributed by atoms with Gasteiger partial charge in [0.2, 0.25) is 0 Å². The number of rotatable bonds is 4. The van der Waals surface area contributed by atoms with Gasteiger partial charge in [0.25, 0.3) is 0 Å². The molecule has 0 aromatic heterocycles. The molecule has 1 aromatic rings. The third kappa shape index (κ3) is 3.04. The van der Waals surface area contributed by atoms with Crippen LogP contribution in [-0.2, 0) is 11.3 Å². The van der Waals surface area contributed by atoms with Gasteiger partial charge in [-0.2, -0.15) is 0 Å². The first-order chi connectivity index (χ1) is 6.74. The van der Waals surface area contributed by atoms with Gasteiger partial charge < -0.3 is 15.9 Å². The number of benzene rings is 1. The quantitative estimate of drug-likeness (QED) is 0.615. The molecule has 5 nitrogen and oxygen atoms in total. The van der Waals surface area contributed by atoms with E-state index in [1.165, 1.54) is 0 Å². The van der Waals surface area contributed by atoms with Gasteiger partial charge >= 0.3 is 6.03 Å². The van der Waals surface area contributed by atoms with Crippen LogP contribution in [0.1, 0.15) is 5.56 Å². The van der Waals surface area contributed by atoms with Gasteiger partial charge in [0.05, 0.1) is 6.61 Å². The lowest BCUT2D eigenvalue weighted by atomic mass is 10.1. The molecule has 5 heteroatoms. The summed E-state index contributed by atoms with van der Waals surface area (Å²) in [5.41, 5.74) is 6.65. The molecule has 1 rings (SSSR count). The van der Waals surface area contributed by atoms with E-state index in [-0.39, 0.29) is 0 Å². The van der Waals surface area contributed by atoms with Crippen LogP contribution < -0.4 is 16.9 Å². The smallest absolute Gasteiger partial charge is 0.316 e. The summed E-state index contributed by atoms with van der Waals surface area (Å²) in [4.78, 5) is 15.1. The minimum absolute atomic E-state index is 0.400. The van der Waals surface area contributed by atoms with Crippen molar-refractivity contribution >= 4 is 11.7 Å². The summed E-state index contributed by atoms with van der Waals surface area (Å²) >= 11 is 0. The number of primary amides is 1. The Labute approximate surface area is 82.0 Å². The van der Waals surface area contributed by atoms with E-state index in [4.69, 9.17) is 11.6 Å². The summed E-state index contributed by atoms with van der Waals surface area (Å²) in [6.07, 6.45) is 0.632. The Morgan fingerprint density at radius 3 is 2.79 bits per heavy atom. The first-order valence-electron chi connectivity index (χ1n) is 4.20. The van der Waals surface area contributed by atoms with Crippen LogP contribution in [0.3, 0.4) is 0 Å². The van der Waals surface area contributed by atoms with Crippen LogP contribution in [0, 0.1) is 0 Å². The van der Waals surface area contributed by atoms with Gasteiger partial charge in [-0.3, -0.25) is 0 Å². The molecule has 0 unspecified atom stereocenters. The molecular formula is C9H13N3O2. The van der Waals surface area contributed by atoms with E-state index in [1.54, 1.807) is 6.07 Å². The highest BCUT2D eigenvalue weighted by molar-refractivity contribution is 5.88. The van der Waals surface area contributed by atoms with E-state index in [2.05, 4.69) is 10.2 Å². The van der Waals surface area contributed by atoms with Crippen molar-refractivity contribution in [2.45, 2.75) is 6.42 Å². The Morgan fingerprint density at radius 1 is 1.43 bits per heavy atom. The highest BCUT2D eigenvalue weighted by Crippen LogP contribution is 2.14. The summed E-state index contributed by atoms with van der Waals surface area (Å²) in [5.74, 6) is 4.92. The predicted molar refractivity (Wildman–Crippen MR) is 53.5 cm³/mol. The fourth-order valence-corrected chi connectivity index (χ4v) is 1.16. The predicted octanol–water partition coefficient (Wildman–Crippen LogP) is 0.610. The summed E-state index contributed by atoms with van der Waals surface area (Å²) in [5, 5.41) is 2.52. The maximum atomic E-state index is 10.6. The molecule has 0 saturated carbocycles. The summed E-state index contributed by atoms with van der Waals surface area (Å²) in [6, 6.07) is 6.77. The van der Waals surface area contributed by atoms with Crippen molar-refractivity contribution in [1.82, 2.24) is 0 Å². The Hall–Kier alpha value is -1.59. The van der Waals surface area contributed by atoms with Crippen molar-refractivity contribution in [2.75, 3.05) is 11.9 Å². The van der Waals surface area contributed by atoms with Crippen LogP contribution >= 0.6 is 0 Å². The molecular weight excluding hydrogens is 182 g/mol. The van der Waals surface area contributed by atoms with Crippen LogP contribution in [0.15, 0.2) is 24.3 Å². The average molecular weight is 195 g/mol. The number of urea groups is 1. The van der Waals surface area contributed by atoms with Gasteiger partial charge in [-0.1, -0.05) is 18.2 Å². The van der Waals surface area contributed by atoms with E-state index in [0.29, 0.717) is 18.7 Å². The first kappa shape index (κ1) is 10.5. The second-order valence-electron chi connectivity index (χ2n) is 2.77. The monoisotopic (exact) mass is 195 g/mol. The lowest BCUT2D eigenvalue weighted by Crippen LogP contribution is -2.20. The topological polar surface area (TPSA) is 90.4 Å². The Morgan fingerprint density at radius 2 is 2.14 bits per heavy atom. The Kier molecular flexibility index (Phi) is 3.90. The molecule has 0 aliphatic heterocycles. The molecule has 0 aliphatic carbocycles. The fourth-order valence-electron chi connectivity index (χ4n) is 1.16. The molecule has 0 aliphatic rings. The maximum Gasteiger partial charge on any atom is 0.316 e. The van der Waals surface area contributed by atoms with E-state index < -0.39 is 6.03 Å². The van der Waals surface area contributed by atoms with Crippen molar-refractivity contribution in [3.05, 3.63) is 29.8 Å². The number of hydrogen-bond donors (Lipinski definition) is 3. The Balaban J connectivity index is 2.74.